The minimum atomic E-state index is 0.195. The van der Waals surface area contributed by atoms with Crippen molar-refractivity contribution in [3.05, 3.63) is 17.5 Å². The summed E-state index contributed by atoms with van der Waals surface area (Å²) < 4.78 is 0. The van der Waals surface area contributed by atoms with E-state index in [9.17, 15) is 0 Å². The van der Waals surface area contributed by atoms with Crippen molar-refractivity contribution in [2.24, 2.45) is 0 Å². The zero-order valence-corrected chi connectivity index (χ0v) is 10.9. The smallest absolute Gasteiger partial charge is 0.0669 e. The molecule has 1 aromatic heterocycles. The summed E-state index contributed by atoms with van der Waals surface area (Å²) in [6, 6.07) is 2.98. The highest BCUT2D eigenvalue weighted by Gasteiger charge is 2.31. The van der Waals surface area contributed by atoms with Gasteiger partial charge in [-0.3, -0.25) is 10.00 Å². The zero-order chi connectivity index (χ0) is 12.4. The molecular formula is C14H23N3O. The van der Waals surface area contributed by atoms with Crippen LogP contribution in [0.4, 0.5) is 0 Å². The zero-order valence-electron chi connectivity index (χ0n) is 10.9. The van der Waals surface area contributed by atoms with Crippen LogP contribution in [0, 0.1) is 0 Å². The topological polar surface area (TPSA) is 52.1 Å². The third-order valence-corrected chi connectivity index (χ3v) is 4.51. The monoisotopic (exact) mass is 249 g/mol. The van der Waals surface area contributed by atoms with Gasteiger partial charge >= 0.3 is 0 Å². The third kappa shape index (κ3) is 2.45. The molecule has 4 nitrogen and oxygen atoms in total. The molecule has 0 unspecified atom stereocenters. The molecule has 18 heavy (non-hydrogen) atoms. The molecule has 0 amide bonds. The van der Waals surface area contributed by atoms with Crippen molar-refractivity contribution in [2.45, 2.75) is 50.5 Å². The lowest BCUT2D eigenvalue weighted by atomic mass is 10.0. The summed E-state index contributed by atoms with van der Waals surface area (Å²) in [4.78, 5) is 2.66. The molecule has 1 atom stereocenters. The summed E-state index contributed by atoms with van der Waals surface area (Å²) in [7, 11) is 0. The van der Waals surface area contributed by atoms with Gasteiger partial charge in [-0.05, 0) is 31.9 Å². The minimum Gasteiger partial charge on any atom is -0.396 e. The van der Waals surface area contributed by atoms with E-state index in [1.54, 1.807) is 0 Å². The maximum Gasteiger partial charge on any atom is 0.0669 e. The molecule has 3 rings (SSSR count). The van der Waals surface area contributed by atoms with E-state index in [4.69, 9.17) is 5.11 Å². The molecule has 2 fully saturated rings. The lowest BCUT2D eigenvalue weighted by molar-refractivity contribution is 0.243. The fourth-order valence-electron chi connectivity index (χ4n) is 3.47. The second kappa shape index (κ2) is 5.41. The molecule has 1 aromatic rings. The quantitative estimate of drug-likeness (QED) is 0.853. The number of aromatic nitrogens is 2. The molecule has 4 heteroatoms. The van der Waals surface area contributed by atoms with Crippen LogP contribution in [-0.2, 0) is 6.42 Å². The third-order valence-electron chi connectivity index (χ3n) is 4.51. The fraction of sp³-hybridized carbons (Fsp3) is 0.786. The van der Waals surface area contributed by atoms with Gasteiger partial charge < -0.3 is 5.11 Å². The average Bonchev–Trinajstić information content (AvgIpc) is 3.10. The van der Waals surface area contributed by atoms with E-state index < -0.39 is 0 Å². The first kappa shape index (κ1) is 12.2. The maximum atomic E-state index is 8.92. The Hall–Kier alpha value is -0.870. The van der Waals surface area contributed by atoms with Crippen LogP contribution in [0.5, 0.6) is 0 Å². The van der Waals surface area contributed by atoms with Crippen LogP contribution in [0.2, 0.25) is 0 Å². The highest BCUT2D eigenvalue weighted by molar-refractivity contribution is 5.15. The van der Waals surface area contributed by atoms with E-state index >= 15 is 0 Å². The Labute approximate surface area is 108 Å². The standard InChI is InChI=1S/C14H23N3O/c18-8-6-12-9-14(16-15-12)11-5-7-17(10-11)13-3-1-2-4-13/h9,11,13,18H,1-8,10H2,(H,15,16)/t11-/m0/s1. The number of hydrogen-bond donors (Lipinski definition) is 2. The van der Waals surface area contributed by atoms with E-state index in [1.165, 1.54) is 50.9 Å². The van der Waals surface area contributed by atoms with Crippen LogP contribution in [0.25, 0.3) is 0 Å². The highest BCUT2D eigenvalue weighted by atomic mass is 16.3. The van der Waals surface area contributed by atoms with E-state index in [0.29, 0.717) is 12.3 Å². The Morgan fingerprint density at radius 1 is 1.33 bits per heavy atom. The summed E-state index contributed by atoms with van der Waals surface area (Å²) in [5.41, 5.74) is 2.26. The van der Waals surface area contributed by atoms with E-state index in [1.807, 2.05) is 0 Å². The van der Waals surface area contributed by atoms with Crippen molar-refractivity contribution in [3.8, 4) is 0 Å². The molecule has 1 aliphatic carbocycles. The Kier molecular flexibility index (Phi) is 3.66. The Morgan fingerprint density at radius 2 is 2.17 bits per heavy atom. The van der Waals surface area contributed by atoms with Crippen LogP contribution in [-0.4, -0.2) is 45.9 Å². The molecule has 0 aromatic carbocycles. The first-order chi connectivity index (χ1) is 8.86. The van der Waals surface area contributed by atoms with E-state index in [2.05, 4.69) is 21.2 Å². The van der Waals surface area contributed by atoms with Gasteiger partial charge in [0, 0.05) is 37.2 Å². The summed E-state index contributed by atoms with van der Waals surface area (Å²) >= 11 is 0. The molecule has 2 aliphatic rings. The molecule has 100 valence electrons. The minimum absolute atomic E-state index is 0.195. The molecule has 0 radical (unpaired) electrons. The number of aromatic amines is 1. The van der Waals surface area contributed by atoms with Crippen molar-refractivity contribution in [3.63, 3.8) is 0 Å². The number of aliphatic hydroxyl groups excluding tert-OH is 1. The Morgan fingerprint density at radius 3 is 2.94 bits per heavy atom. The van der Waals surface area contributed by atoms with Crippen LogP contribution in [0.15, 0.2) is 6.07 Å². The number of aliphatic hydroxyl groups is 1. The van der Waals surface area contributed by atoms with Crippen LogP contribution >= 0.6 is 0 Å². The van der Waals surface area contributed by atoms with Crippen LogP contribution in [0.3, 0.4) is 0 Å². The Bertz CT molecular complexity index is 384. The van der Waals surface area contributed by atoms with Crippen LogP contribution < -0.4 is 0 Å². The van der Waals surface area contributed by atoms with Gasteiger partial charge in [0.05, 0.1) is 5.69 Å². The predicted octanol–water partition coefficient (Wildman–Crippen LogP) is 1.68. The number of H-pyrrole nitrogens is 1. The lowest BCUT2D eigenvalue weighted by Crippen LogP contribution is -2.30. The number of nitrogens with zero attached hydrogens (tertiary/aromatic N) is 2. The van der Waals surface area contributed by atoms with Gasteiger partial charge in [0.25, 0.3) is 0 Å². The lowest BCUT2D eigenvalue weighted by Gasteiger charge is -2.23. The maximum absolute atomic E-state index is 8.92. The molecule has 1 saturated carbocycles. The second-order valence-corrected chi connectivity index (χ2v) is 5.71. The van der Waals surface area contributed by atoms with Gasteiger partial charge in [-0.1, -0.05) is 12.8 Å². The first-order valence-corrected chi connectivity index (χ1v) is 7.26. The molecule has 1 saturated heterocycles. The van der Waals surface area contributed by atoms with E-state index in [-0.39, 0.29) is 6.61 Å². The van der Waals surface area contributed by atoms with Gasteiger partial charge in [0.15, 0.2) is 0 Å². The number of likely N-dealkylation sites (tertiary alicyclic amines) is 1. The van der Waals surface area contributed by atoms with Crippen molar-refractivity contribution < 1.29 is 5.11 Å². The molecule has 1 aliphatic heterocycles. The van der Waals surface area contributed by atoms with Crippen molar-refractivity contribution >= 4 is 0 Å². The van der Waals surface area contributed by atoms with Gasteiger partial charge in [0.1, 0.15) is 0 Å². The van der Waals surface area contributed by atoms with Crippen LogP contribution in [0.1, 0.15) is 49.4 Å². The molecule has 2 N–H and O–H groups in total. The summed E-state index contributed by atoms with van der Waals surface area (Å²) in [5.74, 6) is 0.592. The molecule has 0 spiro atoms. The second-order valence-electron chi connectivity index (χ2n) is 5.71. The first-order valence-electron chi connectivity index (χ1n) is 7.26. The summed E-state index contributed by atoms with van der Waals surface area (Å²) in [6.45, 7) is 2.60. The summed E-state index contributed by atoms with van der Waals surface area (Å²) in [6.07, 6.45) is 7.53. The van der Waals surface area contributed by atoms with Crippen molar-refractivity contribution in [2.75, 3.05) is 19.7 Å². The highest BCUT2D eigenvalue weighted by Crippen LogP contribution is 2.32. The number of hydrogen-bond acceptors (Lipinski definition) is 3. The normalized spacial score (nSPS) is 26.2. The molecule has 2 heterocycles. The number of rotatable bonds is 4. The van der Waals surface area contributed by atoms with Gasteiger partial charge in [-0.25, -0.2) is 0 Å². The van der Waals surface area contributed by atoms with Crippen molar-refractivity contribution in [1.82, 2.24) is 15.1 Å². The van der Waals surface area contributed by atoms with Gasteiger partial charge in [-0.15, -0.1) is 0 Å². The Balaban J connectivity index is 1.60. The van der Waals surface area contributed by atoms with Gasteiger partial charge in [-0.2, -0.15) is 5.10 Å². The predicted molar refractivity (Wildman–Crippen MR) is 70.6 cm³/mol. The fourth-order valence-corrected chi connectivity index (χ4v) is 3.47. The number of nitrogens with one attached hydrogen (secondary N) is 1. The van der Waals surface area contributed by atoms with Crippen molar-refractivity contribution in [1.29, 1.82) is 0 Å². The van der Waals surface area contributed by atoms with Gasteiger partial charge in [0.2, 0.25) is 0 Å². The molecular weight excluding hydrogens is 226 g/mol. The largest absolute Gasteiger partial charge is 0.396 e. The average molecular weight is 249 g/mol. The summed E-state index contributed by atoms with van der Waals surface area (Å²) in [5, 5.41) is 16.4. The molecule has 0 bridgehead atoms. The SMILES string of the molecule is OCCc1cc([C@H]2CCN(C3CCCC3)C2)n[nH]1. The van der Waals surface area contributed by atoms with E-state index in [0.717, 1.165) is 11.7 Å².